The predicted octanol–water partition coefficient (Wildman–Crippen LogP) is 1.74. The van der Waals surface area contributed by atoms with Crippen LogP contribution in [0.4, 0.5) is 0 Å². The van der Waals surface area contributed by atoms with E-state index in [1.54, 1.807) is 0 Å². The molecule has 1 aliphatic rings. The summed E-state index contributed by atoms with van der Waals surface area (Å²) in [5.41, 5.74) is 6.13. The second kappa shape index (κ2) is 1.83. The highest BCUT2D eigenvalue weighted by atomic mass is 32.1. The molecule has 1 aromatic heterocycles. The Labute approximate surface area is 64.9 Å². The van der Waals surface area contributed by atoms with Crippen molar-refractivity contribution in [2.75, 3.05) is 0 Å². The summed E-state index contributed by atoms with van der Waals surface area (Å²) in [6, 6.07) is 4.68. The van der Waals surface area contributed by atoms with Crippen LogP contribution in [-0.2, 0) is 5.41 Å². The van der Waals surface area contributed by atoms with Gasteiger partial charge in [-0.3, -0.25) is 0 Å². The minimum atomic E-state index is 0.328. The first kappa shape index (κ1) is 6.38. The first-order valence-corrected chi connectivity index (χ1v) is 4.41. The number of rotatable bonds is 1. The Morgan fingerprint density at radius 2 is 2.50 bits per heavy atom. The molecular weight excluding hydrogens is 142 g/mol. The highest BCUT2D eigenvalue weighted by molar-refractivity contribution is 7.10. The second-order valence-corrected chi connectivity index (χ2v) is 4.15. The van der Waals surface area contributed by atoms with Crippen molar-refractivity contribution >= 4 is 11.3 Å². The molecule has 0 radical (unpaired) electrons. The minimum absolute atomic E-state index is 0.328. The molecule has 10 heavy (non-hydrogen) atoms. The molecule has 1 fully saturated rings. The highest BCUT2D eigenvalue weighted by Crippen LogP contribution is 2.47. The topological polar surface area (TPSA) is 26.0 Å². The molecule has 2 atom stereocenters. The van der Waals surface area contributed by atoms with Crippen molar-refractivity contribution < 1.29 is 0 Å². The van der Waals surface area contributed by atoms with E-state index in [-0.39, 0.29) is 0 Å². The standard InChI is InChI=1S/C8H11NS/c1-8(5-6(8)9)7-3-2-4-10-7/h2-4,6H,5,9H2,1H3/t6-,8-/m1/s1. The zero-order chi connectivity index (χ0) is 7.19. The SMILES string of the molecule is C[C@@]1(c2cccs2)C[C@H]1N. The van der Waals surface area contributed by atoms with Crippen LogP contribution in [0.1, 0.15) is 18.2 Å². The van der Waals surface area contributed by atoms with Crippen molar-refractivity contribution in [3.63, 3.8) is 0 Å². The molecule has 0 unspecified atom stereocenters. The fraction of sp³-hybridized carbons (Fsp3) is 0.500. The molecule has 0 saturated heterocycles. The third-order valence-electron chi connectivity index (χ3n) is 2.39. The number of thiophene rings is 1. The molecule has 1 aromatic rings. The van der Waals surface area contributed by atoms with Gasteiger partial charge in [0.05, 0.1) is 0 Å². The van der Waals surface area contributed by atoms with Crippen LogP contribution in [0, 0.1) is 0 Å². The smallest absolute Gasteiger partial charge is 0.0185 e. The monoisotopic (exact) mass is 153 g/mol. The zero-order valence-electron chi connectivity index (χ0n) is 6.00. The first-order chi connectivity index (χ1) is 4.73. The second-order valence-electron chi connectivity index (χ2n) is 3.21. The summed E-state index contributed by atoms with van der Waals surface area (Å²) in [6.07, 6.45) is 1.16. The van der Waals surface area contributed by atoms with Crippen molar-refractivity contribution in [3.8, 4) is 0 Å². The van der Waals surface area contributed by atoms with E-state index in [0.717, 1.165) is 6.42 Å². The average molecular weight is 153 g/mol. The van der Waals surface area contributed by atoms with Gasteiger partial charge in [-0.05, 0) is 17.9 Å². The van der Waals surface area contributed by atoms with Crippen LogP contribution in [-0.4, -0.2) is 6.04 Å². The third kappa shape index (κ3) is 0.724. The van der Waals surface area contributed by atoms with Gasteiger partial charge < -0.3 is 5.73 Å². The lowest BCUT2D eigenvalue weighted by atomic mass is 10.1. The average Bonchev–Trinajstić information content (AvgIpc) is 2.35. The molecule has 2 heteroatoms. The molecule has 1 aliphatic carbocycles. The van der Waals surface area contributed by atoms with Gasteiger partial charge >= 0.3 is 0 Å². The van der Waals surface area contributed by atoms with Gasteiger partial charge in [-0.2, -0.15) is 0 Å². The van der Waals surface area contributed by atoms with Crippen LogP contribution in [0.3, 0.4) is 0 Å². The Morgan fingerprint density at radius 3 is 2.90 bits per heavy atom. The normalized spacial score (nSPS) is 38.0. The Hall–Kier alpha value is -0.340. The van der Waals surface area contributed by atoms with Crippen LogP contribution < -0.4 is 5.73 Å². The van der Waals surface area contributed by atoms with Crippen LogP contribution >= 0.6 is 11.3 Å². The van der Waals surface area contributed by atoms with E-state index in [4.69, 9.17) is 5.73 Å². The molecule has 1 heterocycles. The molecule has 0 spiro atoms. The van der Waals surface area contributed by atoms with Gasteiger partial charge in [0.15, 0.2) is 0 Å². The molecule has 0 amide bonds. The van der Waals surface area contributed by atoms with Crippen molar-refractivity contribution in [1.29, 1.82) is 0 Å². The van der Waals surface area contributed by atoms with E-state index in [2.05, 4.69) is 24.4 Å². The van der Waals surface area contributed by atoms with Gasteiger partial charge in [0.25, 0.3) is 0 Å². The van der Waals surface area contributed by atoms with Gasteiger partial charge in [-0.25, -0.2) is 0 Å². The zero-order valence-corrected chi connectivity index (χ0v) is 6.82. The maximum atomic E-state index is 5.80. The Morgan fingerprint density at radius 1 is 1.80 bits per heavy atom. The van der Waals surface area contributed by atoms with Gasteiger partial charge in [0.2, 0.25) is 0 Å². The highest BCUT2D eigenvalue weighted by Gasteiger charge is 2.49. The molecule has 0 bridgehead atoms. The number of hydrogen-bond donors (Lipinski definition) is 1. The van der Waals surface area contributed by atoms with Gasteiger partial charge in [0, 0.05) is 16.3 Å². The summed E-state index contributed by atoms with van der Waals surface area (Å²) in [6.45, 7) is 2.24. The summed E-state index contributed by atoms with van der Waals surface area (Å²) >= 11 is 1.82. The van der Waals surface area contributed by atoms with Crippen molar-refractivity contribution in [2.45, 2.75) is 24.8 Å². The van der Waals surface area contributed by atoms with E-state index in [1.807, 2.05) is 11.3 Å². The van der Waals surface area contributed by atoms with E-state index in [1.165, 1.54) is 4.88 Å². The first-order valence-electron chi connectivity index (χ1n) is 3.53. The third-order valence-corrected chi connectivity index (χ3v) is 3.54. The Balaban J connectivity index is 2.30. The molecular formula is C8H11NS. The van der Waals surface area contributed by atoms with Gasteiger partial charge in [0.1, 0.15) is 0 Å². The van der Waals surface area contributed by atoms with Gasteiger partial charge in [-0.15, -0.1) is 11.3 Å². The summed E-state index contributed by atoms with van der Waals surface area (Å²) in [5, 5.41) is 2.12. The van der Waals surface area contributed by atoms with E-state index >= 15 is 0 Å². The lowest BCUT2D eigenvalue weighted by Gasteiger charge is -2.03. The summed E-state index contributed by atoms with van der Waals surface area (Å²) in [4.78, 5) is 1.44. The van der Waals surface area contributed by atoms with Crippen LogP contribution in [0.2, 0.25) is 0 Å². The van der Waals surface area contributed by atoms with Gasteiger partial charge in [-0.1, -0.05) is 13.0 Å². The molecule has 54 valence electrons. The molecule has 2 N–H and O–H groups in total. The molecule has 1 nitrogen and oxygen atoms in total. The maximum absolute atomic E-state index is 5.80. The van der Waals surface area contributed by atoms with Crippen LogP contribution in [0.25, 0.3) is 0 Å². The molecule has 1 saturated carbocycles. The maximum Gasteiger partial charge on any atom is 0.0185 e. The molecule has 0 aromatic carbocycles. The summed E-state index contributed by atoms with van der Waals surface area (Å²) < 4.78 is 0. The van der Waals surface area contributed by atoms with E-state index < -0.39 is 0 Å². The fourth-order valence-corrected chi connectivity index (χ4v) is 2.25. The number of nitrogens with two attached hydrogens (primary N) is 1. The van der Waals surface area contributed by atoms with Crippen molar-refractivity contribution in [1.82, 2.24) is 0 Å². The Kier molecular flexibility index (Phi) is 1.17. The lowest BCUT2D eigenvalue weighted by Crippen LogP contribution is -2.12. The Bertz CT molecular complexity index is 229. The van der Waals surface area contributed by atoms with E-state index in [0.29, 0.717) is 11.5 Å². The largest absolute Gasteiger partial charge is 0.327 e. The van der Waals surface area contributed by atoms with Crippen molar-refractivity contribution in [2.24, 2.45) is 5.73 Å². The quantitative estimate of drug-likeness (QED) is 0.653. The lowest BCUT2D eigenvalue weighted by molar-refractivity contribution is 0.758. The molecule has 2 rings (SSSR count). The van der Waals surface area contributed by atoms with Crippen molar-refractivity contribution in [3.05, 3.63) is 22.4 Å². The minimum Gasteiger partial charge on any atom is -0.327 e. The van der Waals surface area contributed by atoms with Crippen LogP contribution in [0.5, 0.6) is 0 Å². The summed E-state index contributed by atoms with van der Waals surface area (Å²) in [7, 11) is 0. The fourth-order valence-electron chi connectivity index (χ4n) is 1.28. The number of hydrogen-bond acceptors (Lipinski definition) is 2. The summed E-state index contributed by atoms with van der Waals surface area (Å²) in [5.74, 6) is 0. The molecule has 0 aliphatic heterocycles. The van der Waals surface area contributed by atoms with Crippen LogP contribution in [0.15, 0.2) is 17.5 Å². The van der Waals surface area contributed by atoms with E-state index in [9.17, 15) is 0 Å². The predicted molar refractivity (Wildman–Crippen MR) is 44.3 cm³/mol.